The Morgan fingerprint density at radius 1 is 1.16 bits per heavy atom. The van der Waals surface area contributed by atoms with Crippen LogP contribution in [-0.4, -0.2) is 17.3 Å². The van der Waals surface area contributed by atoms with E-state index in [-0.39, 0.29) is 5.75 Å². The molecule has 0 bridgehead atoms. The molecule has 0 aromatic heterocycles. The third-order valence-electron chi connectivity index (χ3n) is 2.92. The lowest BCUT2D eigenvalue weighted by Crippen LogP contribution is -2.04. The van der Waals surface area contributed by atoms with Crippen LogP contribution in [-0.2, 0) is 6.42 Å². The molecule has 0 aliphatic carbocycles. The number of hydrogen-bond acceptors (Lipinski definition) is 3. The van der Waals surface area contributed by atoms with Crippen LogP contribution in [0, 0.1) is 0 Å². The molecule has 1 atom stereocenters. The van der Waals surface area contributed by atoms with E-state index in [1.165, 1.54) is 0 Å². The average molecular weight is 323 g/mol. The minimum absolute atomic E-state index is 0.221. The third kappa shape index (κ3) is 3.49. The minimum atomic E-state index is -0.656. The number of aliphatic hydroxyl groups excluding tert-OH is 1. The van der Waals surface area contributed by atoms with Crippen molar-refractivity contribution in [2.24, 2.45) is 0 Å². The van der Waals surface area contributed by atoms with Crippen LogP contribution in [0.3, 0.4) is 0 Å². The lowest BCUT2D eigenvalue weighted by molar-refractivity contribution is 0.174. The molecular weight excluding hydrogens is 308 g/mol. The molecular formula is C15H15BrO3. The van der Waals surface area contributed by atoms with Crippen molar-refractivity contribution in [3.63, 3.8) is 0 Å². The summed E-state index contributed by atoms with van der Waals surface area (Å²) >= 11 is 3.39. The highest BCUT2D eigenvalue weighted by molar-refractivity contribution is 9.10. The van der Waals surface area contributed by atoms with E-state index in [1.807, 2.05) is 18.2 Å². The van der Waals surface area contributed by atoms with Crippen molar-refractivity contribution in [2.45, 2.75) is 12.5 Å². The summed E-state index contributed by atoms with van der Waals surface area (Å²) in [5.41, 5.74) is 1.69. The fourth-order valence-electron chi connectivity index (χ4n) is 1.93. The molecule has 0 fully saturated rings. The van der Waals surface area contributed by atoms with E-state index in [1.54, 1.807) is 31.4 Å². The van der Waals surface area contributed by atoms with Gasteiger partial charge in [0.2, 0.25) is 0 Å². The van der Waals surface area contributed by atoms with Crippen LogP contribution in [0.1, 0.15) is 17.2 Å². The summed E-state index contributed by atoms with van der Waals surface area (Å²) in [6.45, 7) is 0. The molecule has 0 aliphatic rings. The number of ether oxygens (including phenoxy) is 1. The standard InChI is InChI=1S/C15H15BrO3/c1-19-15-7-4-11(16)9-13(15)14(18)8-10-2-5-12(17)6-3-10/h2-7,9,14,17-18H,8H2,1H3. The van der Waals surface area contributed by atoms with E-state index >= 15 is 0 Å². The number of aromatic hydroxyl groups is 1. The number of methoxy groups -OCH3 is 1. The molecule has 100 valence electrons. The first kappa shape index (κ1) is 13.9. The highest BCUT2D eigenvalue weighted by atomic mass is 79.9. The van der Waals surface area contributed by atoms with Crippen molar-refractivity contribution in [1.82, 2.24) is 0 Å². The van der Waals surface area contributed by atoms with Crippen LogP contribution >= 0.6 is 15.9 Å². The van der Waals surface area contributed by atoms with Gasteiger partial charge < -0.3 is 14.9 Å². The van der Waals surface area contributed by atoms with Crippen molar-refractivity contribution >= 4 is 15.9 Å². The van der Waals surface area contributed by atoms with E-state index in [4.69, 9.17) is 4.74 Å². The van der Waals surface area contributed by atoms with Gasteiger partial charge in [-0.25, -0.2) is 0 Å². The van der Waals surface area contributed by atoms with Gasteiger partial charge in [-0.3, -0.25) is 0 Å². The lowest BCUT2D eigenvalue weighted by atomic mass is 10.0. The first-order valence-corrected chi connectivity index (χ1v) is 6.69. The fourth-order valence-corrected chi connectivity index (χ4v) is 2.31. The van der Waals surface area contributed by atoms with E-state index in [0.29, 0.717) is 12.2 Å². The molecule has 0 radical (unpaired) electrons. The summed E-state index contributed by atoms with van der Waals surface area (Å²) in [6, 6.07) is 12.4. The van der Waals surface area contributed by atoms with Crippen LogP contribution in [0.25, 0.3) is 0 Å². The number of hydrogen-bond donors (Lipinski definition) is 2. The molecule has 0 spiro atoms. The molecule has 2 aromatic carbocycles. The average Bonchev–Trinajstić information content (AvgIpc) is 2.41. The number of phenols is 1. The zero-order valence-electron chi connectivity index (χ0n) is 10.5. The second kappa shape index (κ2) is 6.08. The Hall–Kier alpha value is -1.52. The van der Waals surface area contributed by atoms with Gasteiger partial charge in [0.25, 0.3) is 0 Å². The van der Waals surface area contributed by atoms with Gasteiger partial charge in [-0.2, -0.15) is 0 Å². The van der Waals surface area contributed by atoms with Gasteiger partial charge in [0.15, 0.2) is 0 Å². The Morgan fingerprint density at radius 2 is 1.84 bits per heavy atom. The minimum Gasteiger partial charge on any atom is -0.508 e. The summed E-state index contributed by atoms with van der Waals surface area (Å²) < 4.78 is 6.15. The largest absolute Gasteiger partial charge is 0.508 e. The fraction of sp³-hybridized carbons (Fsp3) is 0.200. The molecule has 0 saturated carbocycles. The monoisotopic (exact) mass is 322 g/mol. The number of aliphatic hydroxyl groups is 1. The van der Waals surface area contributed by atoms with Crippen molar-refractivity contribution in [3.8, 4) is 11.5 Å². The molecule has 0 saturated heterocycles. The predicted molar refractivity (Wildman–Crippen MR) is 77.5 cm³/mol. The SMILES string of the molecule is COc1ccc(Br)cc1C(O)Cc1ccc(O)cc1. The maximum atomic E-state index is 10.3. The highest BCUT2D eigenvalue weighted by Gasteiger charge is 2.14. The molecule has 2 N–H and O–H groups in total. The second-order valence-electron chi connectivity index (χ2n) is 4.27. The van der Waals surface area contributed by atoms with Crippen LogP contribution in [0.4, 0.5) is 0 Å². The summed E-state index contributed by atoms with van der Waals surface area (Å²) in [7, 11) is 1.58. The van der Waals surface area contributed by atoms with Crippen molar-refractivity contribution in [2.75, 3.05) is 7.11 Å². The molecule has 19 heavy (non-hydrogen) atoms. The zero-order valence-corrected chi connectivity index (χ0v) is 12.1. The Labute approximate surface area is 120 Å². The van der Waals surface area contributed by atoms with E-state index in [0.717, 1.165) is 15.6 Å². The topological polar surface area (TPSA) is 49.7 Å². The summed E-state index contributed by atoms with van der Waals surface area (Å²) in [5, 5.41) is 19.6. The van der Waals surface area contributed by atoms with Gasteiger partial charge in [0.05, 0.1) is 13.2 Å². The number of benzene rings is 2. The van der Waals surface area contributed by atoms with E-state index in [2.05, 4.69) is 15.9 Å². The van der Waals surface area contributed by atoms with Crippen molar-refractivity contribution < 1.29 is 14.9 Å². The Bertz CT molecular complexity index is 552. The van der Waals surface area contributed by atoms with Gasteiger partial charge in [-0.1, -0.05) is 28.1 Å². The molecule has 0 heterocycles. The molecule has 4 heteroatoms. The Balaban J connectivity index is 2.21. The smallest absolute Gasteiger partial charge is 0.124 e. The first-order chi connectivity index (χ1) is 9.10. The van der Waals surface area contributed by atoms with E-state index < -0.39 is 6.10 Å². The Morgan fingerprint density at radius 3 is 2.47 bits per heavy atom. The van der Waals surface area contributed by atoms with Crippen LogP contribution in [0.5, 0.6) is 11.5 Å². The Kier molecular flexibility index (Phi) is 4.45. The van der Waals surface area contributed by atoms with Crippen LogP contribution in [0.2, 0.25) is 0 Å². The molecule has 1 unspecified atom stereocenters. The summed E-state index contributed by atoms with van der Waals surface area (Å²) in [6.07, 6.45) is -0.190. The van der Waals surface area contributed by atoms with Gasteiger partial charge in [-0.05, 0) is 35.9 Å². The summed E-state index contributed by atoms with van der Waals surface area (Å²) in [4.78, 5) is 0. The zero-order chi connectivity index (χ0) is 13.8. The molecule has 0 aliphatic heterocycles. The van der Waals surface area contributed by atoms with Crippen molar-refractivity contribution in [3.05, 3.63) is 58.1 Å². The number of halogens is 1. The van der Waals surface area contributed by atoms with Gasteiger partial charge >= 0.3 is 0 Å². The highest BCUT2D eigenvalue weighted by Crippen LogP contribution is 2.30. The first-order valence-electron chi connectivity index (χ1n) is 5.89. The molecule has 3 nitrogen and oxygen atoms in total. The maximum Gasteiger partial charge on any atom is 0.124 e. The van der Waals surface area contributed by atoms with E-state index in [9.17, 15) is 10.2 Å². The maximum absolute atomic E-state index is 10.3. The molecule has 2 rings (SSSR count). The second-order valence-corrected chi connectivity index (χ2v) is 5.19. The van der Waals surface area contributed by atoms with Gasteiger partial charge in [0.1, 0.15) is 11.5 Å². The van der Waals surface area contributed by atoms with Crippen LogP contribution < -0.4 is 4.74 Å². The molecule has 2 aromatic rings. The number of rotatable bonds is 4. The van der Waals surface area contributed by atoms with Gasteiger partial charge in [0, 0.05) is 16.5 Å². The molecule has 0 amide bonds. The quantitative estimate of drug-likeness (QED) is 0.906. The van der Waals surface area contributed by atoms with Crippen LogP contribution in [0.15, 0.2) is 46.9 Å². The number of phenolic OH excluding ortho intramolecular Hbond substituents is 1. The van der Waals surface area contributed by atoms with Crippen molar-refractivity contribution in [1.29, 1.82) is 0 Å². The lowest BCUT2D eigenvalue weighted by Gasteiger charge is -2.15. The van der Waals surface area contributed by atoms with Gasteiger partial charge in [-0.15, -0.1) is 0 Å². The normalized spacial score (nSPS) is 12.2. The summed E-state index contributed by atoms with van der Waals surface area (Å²) in [5.74, 6) is 0.882. The predicted octanol–water partition coefficient (Wildman–Crippen LogP) is 3.44. The third-order valence-corrected chi connectivity index (χ3v) is 3.41.